The van der Waals surface area contributed by atoms with Crippen LogP contribution in [0.5, 0.6) is 5.75 Å². The highest BCUT2D eigenvalue weighted by atomic mass is 32.2. The number of aromatic nitrogens is 1. The SMILES string of the molecule is COc1ccc2c(C)cc(N3CCCC(NS(=O)(=O)C4CC4)C3)nc2c1. The second-order valence-electron chi connectivity index (χ2n) is 7.33. The zero-order valence-corrected chi connectivity index (χ0v) is 16.1. The minimum absolute atomic E-state index is 0.0440. The Bertz CT molecular complexity index is 925. The van der Waals surface area contributed by atoms with Crippen LogP contribution in [0.15, 0.2) is 24.3 Å². The van der Waals surface area contributed by atoms with Crippen LogP contribution < -0.4 is 14.4 Å². The summed E-state index contributed by atoms with van der Waals surface area (Å²) in [6, 6.07) is 7.97. The quantitative estimate of drug-likeness (QED) is 0.870. The number of hydrogen-bond donors (Lipinski definition) is 1. The molecule has 2 fully saturated rings. The molecule has 0 amide bonds. The molecule has 1 aliphatic heterocycles. The van der Waals surface area contributed by atoms with Crippen LogP contribution in [0.1, 0.15) is 31.2 Å². The van der Waals surface area contributed by atoms with Gasteiger partial charge in [0.1, 0.15) is 11.6 Å². The Hall–Kier alpha value is -1.86. The van der Waals surface area contributed by atoms with E-state index in [0.29, 0.717) is 6.54 Å². The van der Waals surface area contributed by atoms with Crippen molar-refractivity contribution in [2.45, 2.75) is 43.9 Å². The average molecular weight is 375 g/mol. The molecule has 4 rings (SSSR count). The Balaban J connectivity index is 1.58. The van der Waals surface area contributed by atoms with Gasteiger partial charge in [0.25, 0.3) is 0 Å². The van der Waals surface area contributed by atoms with E-state index >= 15 is 0 Å². The van der Waals surface area contributed by atoms with Gasteiger partial charge < -0.3 is 9.64 Å². The van der Waals surface area contributed by atoms with E-state index in [1.165, 1.54) is 0 Å². The lowest BCUT2D eigenvalue weighted by atomic mass is 10.1. The van der Waals surface area contributed by atoms with Crippen LogP contribution in [0.3, 0.4) is 0 Å². The number of ether oxygens (including phenoxy) is 1. The molecule has 1 aromatic carbocycles. The Morgan fingerprint density at radius 1 is 1.23 bits per heavy atom. The molecule has 1 atom stereocenters. The van der Waals surface area contributed by atoms with Gasteiger partial charge in [0.15, 0.2) is 0 Å². The fraction of sp³-hybridized carbons (Fsp3) is 0.526. The molecule has 26 heavy (non-hydrogen) atoms. The predicted octanol–water partition coefficient (Wildman–Crippen LogP) is 2.60. The molecule has 1 unspecified atom stereocenters. The smallest absolute Gasteiger partial charge is 0.214 e. The van der Waals surface area contributed by atoms with Crippen LogP contribution in [0.4, 0.5) is 5.82 Å². The number of pyridine rings is 1. The fourth-order valence-corrected chi connectivity index (χ4v) is 5.25. The lowest BCUT2D eigenvalue weighted by Crippen LogP contribution is -2.48. The molecule has 7 heteroatoms. The van der Waals surface area contributed by atoms with Crippen molar-refractivity contribution >= 4 is 26.7 Å². The average Bonchev–Trinajstić information content (AvgIpc) is 3.47. The van der Waals surface area contributed by atoms with E-state index in [1.54, 1.807) is 7.11 Å². The molecule has 2 aliphatic rings. The number of benzene rings is 1. The summed E-state index contributed by atoms with van der Waals surface area (Å²) < 4.78 is 32.7. The summed E-state index contributed by atoms with van der Waals surface area (Å²) in [5, 5.41) is 0.934. The number of rotatable bonds is 5. The maximum atomic E-state index is 12.2. The first kappa shape index (κ1) is 17.5. The highest BCUT2D eigenvalue weighted by molar-refractivity contribution is 7.90. The Labute approximate surface area is 154 Å². The molecule has 1 N–H and O–H groups in total. The van der Waals surface area contributed by atoms with Crippen molar-refractivity contribution in [3.63, 3.8) is 0 Å². The maximum Gasteiger partial charge on any atom is 0.214 e. The number of hydrogen-bond acceptors (Lipinski definition) is 5. The van der Waals surface area contributed by atoms with Crippen molar-refractivity contribution in [1.82, 2.24) is 9.71 Å². The molecule has 2 heterocycles. The molecule has 6 nitrogen and oxygen atoms in total. The van der Waals surface area contributed by atoms with E-state index in [9.17, 15) is 8.42 Å². The lowest BCUT2D eigenvalue weighted by Gasteiger charge is -2.34. The van der Waals surface area contributed by atoms with E-state index in [-0.39, 0.29) is 11.3 Å². The first-order chi connectivity index (χ1) is 12.5. The Morgan fingerprint density at radius 2 is 2.04 bits per heavy atom. The number of nitrogens with zero attached hydrogens (tertiary/aromatic N) is 2. The number of fused-ring (bicyclic) bond motifs is 1. The molecule has 1 saturated heterocycles. The van der Waals surface area contributed by atoms with E-state index in [0.717, 1.165) is 60.3 Å². The summed E-state index contributed by atoms with van der Waals surface area (Å²) >= 11 is 0. The third-order valence-corrected chi connectivity index (χ3v) is 7.26. The van der Waals surface area contributed by atoms with Crippen LogP contribution >= 0.6 is 0 Å². The Morgan fingerprint density at radius 3 is 2.77 bits per heavy atom. The number of sulfonamides is 1. The zero-order valence-electron chi connectivity index (χ0n) is 15.2. The van der Waals surface area contributed by atoms with Crippen molar-refractivity contribution in [2.75, 3.05) is 25.1 Å². The maximum absolute atomic E-state index is 12.2. The van der Waals surface area contributed by atoms with E-state index in [4.69, 9.17) is 9.72 Å². The number of piperidine rings is 1. The topological polar surface area (TPSA) is 71.5 Å². The minimum atomic E-state index is -3.16. The number of nitrogens with one attached hydrogen (secondary N) is 1. The molecular weight excluding hydrogens is 350 g/mol. The van der Waals surface area contributed by atoms with Crippen molar-refractivity contribution in [3.05, 3.63) is 29.8 Å². The van der Waals surface area contributed by atoms with Crippen LogP contribution in [0.2, 0.25) is 0 Å². The molecule has 1 aromatic heterocycles. The standard InChI is InChI=1S/C19H25N3O3S/c1-13-10-19(20-18-11-15(25-2)5-8-17(13)18)22-9-3-4-14(12-22)21-26(23,24)16-6-7-16/h5,8,10-11,14,16,21H,3-4,6-7,9,12H2,1-2H3. The largest absolute Gasteiger partial charge is 0.497 e. The van der Waals surface area contributed by atoms with Gasteiger partial charge in [-0.25, -0.2) is 18.1 Å². The van der Waals surface area contributed by atoms with Gasteiger partial charge in [-0.2, -0.15) is 0 Å². The number of aryl methyl sites for hydroxylation is 1. The molecule has 1 saturated carbocycles. The monoisotopic (exact) mass is 375 g/mol. The molecular formula is C19H25N3O3S. The Kier molecular flexibility index (Phi) is 4.52. The van der Waals surface area contributed by atoms with E-state index in [2.05, 4.69) is 22.6 Å². The zero-order chi connectivity index (χ0) is 18.3. The van der Waals surface area contributed by atoms with Gasteiger partial charge in [-0.15, -0.1) is 0 Å². The predicted molar refractivity (Wildman–Crippen MR) is 103 cm³/mol. The summed E-state index contributed by atoms with van der Waals surface area (Å²) in [5.74, 6) is 1.69. The summed E-state index contributed by atoms with van der Waals surface area (Å²) in [7, 11) is -1.51. The van der Waals surface area contributed by atoms with Crippen LogP contribution in [0.25, 0.3) is 10.9 Å². The second-order valence-corrected chi connectivity index (χ2v) is 9.32. The first-order valence-corrected chi connectivity index (χ1v) is 10.7. The van der Waals surface area contributed by atoms with Gasteiger partial charge >= 0.3 is 0 Å². The van der Waals surface area contributed by atoms with Gasteiger partial charge in [-0.3, -0.25) is 0 Å². The molecule has 1 aliphatic carbocycles. The lowest BCUT2D eigenvalue weighted by molar-refractivity contribution is 0.415. The van der Waals surface area contributed by atoms with Gasteiger partial charge in [-0.1, -0.05) is 0 Å². The van der Waals surface area contributed by atoms with E-state index in [1.807, 2.05) is 18.2 Å². The van der Waals surface area contributed by atoms with Gasteiger partial charge in [0.2, 0.25) is 10.0 Å². The fourth-order valence-electron chi connectivity index (χ4n) is 3.64. The molecule has 0 radical (unpaired) electrons. The summed E-state index contributed by atoms with van der Waals surface area (Å²) in [6.07, 6.45) is 3.41. The van der Waals surface area contributed by atoms with Crippen LogP contribution in [-0.4, -0.2) is 44.9 Å². The van der Waals surface area contributed by atoms with E-state index < -0.39 is 10.0 Å². The molecule has 2 aromatic rings. The van der Waals surface area contributed by atoms with Crippen molar-refractivity contribution in [2.24, 2.45) is 0 Å². The minimum Gasteiger partial charge on any atom is -0.497 e. The highest BCUT2D eigenvalue weighted by Crippen LogP contribution is 2.30. The third-order valence-electron chi connectivity index (χ3n) is 5.25. The van der Waals surface area contributed by atoms with Gasteiger partial charge in [-0.05, 0) is 56.4 Å². The van der Waals surface area contributed by atoms with Crippen LogP contribution in [-0.2, 0) is 10.0 Å². The van der Waals surface area contributed by atoms with Crippen LogP contribution in [0, 0.1) is 6.92 Å². The van der Waals surface area contributed by atoms with Gasteiger partial charge in [0, 0.05) is 30.6 Å². The summed E-state index contributed by atoms with van der Waals surface area (Å²) in [4.78, 5) is 7.01. The van der Waals surface area contributed by atoms with Crippen molar-refractivity contribution in [3.8, 4) is 5.75 Å². The number of anilines is 1. The molecule has 0 spiro atoms. The molecule has 0 bridgehead atoms. The third kappa shape index (κ3) is 3.50. The highest BCUT2D eigenvalue weighted by Gasteiger charge is 2.37. The first-order valence-electron chi connectivity index (χ1n) is 9.18. The normalized spacial score (nSPS) is 21.2. The summed E-state index contributed by atoms with van der Waals surface area (Å²) in [5.41, 5.74) is 2.06. The van der Waals surface area contributed by atoms with Gasteiger partial charge in [0.05, 0.1) is 17.9 Å². The van der Waals surface area contributed by atoms with Crippen molar-refractivity contribution in [1.29, 1.82) is 0 Å². The van der Waals surface area contributed by atoms with Crippen molar-refractivity contribution < 1.29 is 13.2 Å². The summed E-state index contributed by atoms with van der Waals surface area (Å²) in [6.45, 7) is 3.63. The number of methoxy groups -OCH3 is 1. The molecule has 140 valence electrons. The second kappa shape index (κ2) is 6.70.